The molecule has 1 amide bonds. The number of benzene rings is 1. The second kappa shape index (κ2) is 7.16. The van der Waals surface area contributed by atoms with Crippen LogP contribution in [0.25, 0.3) is 0 Å². The van der Waals surface area contributed by atoms with Gasteiger partial charge < -0.3 is 4.90 Å². The quantitative estimate of drug-likeness (QED) is 0.760. The Morgan fingerprint density at radius 2 is 2.15 bits per heavy atom. The number of hydrogen-bond donors (Lipinski definition) is 0. The number of aryl methyl sites for hydroxylation is 1. The zero-order chi connectivity index (χ0) is 14.5. The summed E-state index contributed by atoms with van der Waals surface area (Å²) in [5, 5.41) is 0. The SMILES string of the molecule is Cc1cccc(CSCC(=O)N(CC(C)C)C2CC2)c1. The van der Waals surface area contributed by atoms with Crippen LogP contribution in [-0.4, -0.2) is 29.1 Å². The first-order valence-corrected chi connectivity index (χ1v) is 8.64. The molecular weight excluding hydrogens is 266 g/mol. The number of rotatable bonds is 7. The van der Waals surface area contributed by atoms with Crippen LogP contribution in [0.15, 0.2) is 24.3 Å². The van der Waals surface area contributed by atoms with Crippen molar-refractivity contribution in [1.29, 1.82) is 0 Å². The molecule has 1 saturated carbocycles. The van der Waals surface area contributed by atoms with E-state index in [1.165, 1.54) is 24.0 Å². The van der Waals surface area contributed by atoms with E-state index in [1.54, 1.807) is 11.8 Å². The zero-order valence-electron chi connectivity index (χ0n) is 12.8. The monoisotopic (exact) mass is 291 g/mol. The molecule has 1 aromatic rings. The molecule has 1 aromatic carbocycles. The average molecular weight is 291 g/mol. The Labute approximate surface area is 126 Å². The fourth-order valence-electron chi connectivity index (χ4n) is 2.38. The van der Waals surface area contributed by atoms with Gasteiger partial charge in [-0.15, -0.1) is 11.8 Å². The first-order chi connectivity index (χ1) is 9.56. The summed E-state index contributed by atoms with van der Waals surface area (Å²) in [5.74, 6) is 2.41. The molecule has 0 N–H and O–H groups in total. The lowest BCUT2D eigenvalue weighted by Crippen LogP contribution is -2.37. The van der Waals surface area contributed by atoms with E-state index in [0.29, 0.717) is 23.6 Å². The summed E-state index contributed by atoms with van der Waals surface area (Å²) >= 11 is 1.73. The third-order valence-electron chi connectivity index (χ3n) is 3.45. The van der Waals surface area contributed by atoms with Crippen molar-refractivity contribution in [3.63, 3.8) is 0 Å². The van der Waals surface area contributed by atoms with E-state index >= 15 is 0 Å². The lowest BCUT2D eigenvalue weighted by Gasteiger charge is -2.24. The summed E-state index contributed by atoms with van der Waals surface area (Å²) in [5.41, 5.74) is 2.60. The summed E-state index contributed by atoms with van der Waals surface area (Å²) in [6, 6.07) is 9.06. The average Bonchev–Trinajstić information content (AvgIpc) is 3.20. The Morgan fingerprint density at radius 1 is 1.40 bits per heavy atom. The standard InChI is InChI=1S/C17H25NOS/c1-13(2)10-18(16-7-8-16)17(19)12-20-11-15-6-4-5-14(3)9-15/h4-6,9,13,16H,7-8,10-12H2,1-3H3. The van der Waals surface area contributed by atoms with Crippen molar-refractivity contribution in [3.05, 3.63) is 35.4 Å². The van der Waals surface area contributed by atoms with Gasteiger partial charge in [-0.2, -0.15) is 0 Å². The van der Waals surface area contributed by atoms with Gasteiger partial charge in [-0.25, -0.2) is 0 Å². The van der Waals surface area contributed by atoms with E-state index in [4.69, 9.17) is 0 Å². The fraction of sp³-hybridized carbons (Fsp3) is 0.588. The zero-order valence-corrected chi connectivity index (χ0v) is 13.6. The van der Waals surface area contributed by atoms with E-state index in [-0.39, 0.29) is 0 Å². The van der Waals surface area contributed by atoms with Gasteiger partial charge in [-0.05, 0) is 31.2 Å². The van der Waals surface area contributed by atoms with Crippen molar-refractivity contribution in [2.45, 2.75) is 45.4 Å². The van der Waals surface area contributed by atoms with E-state index < -0.39 is 0 Å². The Kier molecular flexibility index (Phi) is 5.53. The van der Waals surface area contributed by atoms with Gasteiger partial charge in [0.2, 0.25) is 5.91 Å². The van der Waals surface area contributed by atoms with Crippen LogP contribution in [-0.2, 0) is 10.5 Å². The molecular formula is C17H25NOS. The predicted octanol–water partition coefficient (Wildman–Crippen LogP) is 3.88. The summed E-state index contributed by atoms with van der Waals surface area (Å²) in [4.78, 5) is 14.4. The van der Waals surface area contributed by atoms with Gasteiger partial charge in [0.1, 0.15) is 0 Å². The first-order valence-electron chi connectivity index (χ1n) is 7.49. The Hall–Kier alpha value is -0.960. The molecule has 0 heterocycles. The van der Waals surface area contributed by atoms with Crippen molar-refractivity contribution < 1.29 is 4.79 Å². The number of hydrogen-bond acceptors (Lipinski definition) is 2. The maximum atomic E-state index is 12.3. The first kappa shape index (κ1) is 15.4. The molecule has 0 aliphatic heterocycles. The van der Waals surface area contributed by atoms with Crippen molar-refractivity contribution in [2.75, 3.05) is 12.3 Å². The van der Waals surface area contributed by atoms with Crippen LogP contribution in [0.4, 0.5) is 0 Å². The number of carbonyl (C=O) groups excluding carboxylic acids is 1. The lowest BCUT2D eigenvalue weighted by atomic mass is 10.2. The van der Waals surface area contributed by atoms with E-state index in [2.05, 4.69) is 49.9 Å². The Balaban J connectivity index is 1.78. The third-order valence-corrected chi connectivity index (χ3v) is 4.44. The highest BCUT2D eigenvalue weighted by Gasteiger charge is 2.32. The Bertz CT molecular complexity index is 454. The molecule has 3 heteroatoms. The lowest BCUT2D eigenvalue weighted by molar-refractivity contribution is -0.129. The van der Waals surface area contributed by atoms with Crippen LogP contribution in [0, 0.1) is 12.8 Å². The van der Waals surface area contributed by atoms with Gasteiger partial charge in [0.25, 0.3) is 0 Å². The summed E-state index contributed by atoms with van der Waals surface area (Å²) in [6.07, 6.45) is 2.39. The van der Waals surface area contributed by atoms with Gasteiger partial charge in [0, 0.05) is 18.3 Å². The van der Waals surface area contributed by atoms with Crippen molar-refractivity contribution in [3.8, 4) is 0 Å². The molecule has 20 heavy (non-hydrogen) atoms. The van der Waals surface area contributed by atoms with Gasteiger partial charge in [-0.3, -0.25) is 4.79 Å². The van der Waals surface area contributed by atoms with Crippen LogP contribution >= 0.6 is 11.8 Å². The maximum Gasteiger partial charge on any atom is 0.232 e. The smallest absolute Gasteiger partial charge is 0.232 e. The summed E-state index contributed by atoms with van der Waals surface area (Å²) in [7, 11) is 0. The minimum atomic E-state index is 0.318. The van der Waals surface area contributed by atoms with Crippen molar-refractivity contribution >= 4 is 17.7 Å². The third kappa shape index (κ3) is 4.86. The predicted molar refractivity (Wildman–Crippen MR) is 86.9 cm³/mol. The number of nitrogens with zero attached hydrogens (tertiary/aromatic N) is 1. The van der Waals surface area contributed by atoms with Crippen molar-refractivity contribution in [2.24, 2.45) is 5.92 Å². The second-order valence-corrected chi connectivity index (χ2v) is 7.14. The molecule has 2 rings (SSSR count). The molecule has 0 spiro atoms. The minimum Gasteiger partial charge on any atom is -0.339 e. The van der Waals surface area contributed by atoms with Gasteiger partial charge >= 0.3 is 0 Å². The number of thioether (sulfide) groups is 1. The number of amides is 1. The molecule has 0 atom stereocenters. The Morgan fingerprint density at radius 3 is 2.75 bits per heavy atom. The highest BCUT2D eigenvalue weighted by molar-refractivity contribution is 7.99. The summed E-state index contributed by atoms with van der Waals surface area (Å²) in [6.45, 7) is 7.39. The molecule has 2 nitrogen and oxygen atoms in total. The molecule has 0 unspecified atom stereocenters. The molecule has 0 saturated heterocycles. The van der Waals surface area contributed by atoms with Crippen LogP contribution in [0.5, 0.6) is 0 Å². The fourth-order valence-corrected chi connectivity index (χ4v) is 3.23. The van der Waals surface area contributed by atoms with E-state index in [0.717, 1.165) is 12.3 Å². The topological polar surface area (TPSA) is 20.3 Å². The number of carbonyl (C=O) groups is 1. The normalized spacial score (nSPS) is 14.6. The molecule has 110 valence electrons. The summed E-state index contributed by atoms with van der Waals surface area (Å²) < 4.78 is 0. The van der Waals surface area contributed by atoms with Gasteiger partial charge in [-0.1, -0.05) is 43.7 Å². The van der Waals surface area contributed by atoms with E-state index in [9.17, 15) is 4.79 Å². The van der Waals surface area contributed by atoms with Gasteiger partial charge in [0.15, 0.2) is 0 Å². The van der Waals surface area contributed by atoms with Crippen LogP contribution in [0.1, 0.15) is 37.8 Å². The minimum absolute atomic E-state index is 0.318. The van der Waals surface area contributed by atoms with Crippen LogP contribution in [0.2, 0.25) is 0 Å². The maximum absolute atomic E-state index is 12.3. The molecule has 1 fully saturated rings. The largest absolute Gasteiger partial charge is 0.339 e. The molecule has 1 aliphatic rings. The molecule has 0 radical (unpaired) electrons. The molecule has 1 aliphatic carbocycles. The van der Waals surface area contributed by atoms with E-state index in [1.807, 2.05) is 0 Å². The van der Waals surface area contributed by atoms with Gasteiger partial charge in [0.05, 0.1) is 5.75 Å². The molecule has 0 bridgehead atoms. The van der Waals surface area contributed by atoms with Crippen LogP contribution < -0.4 is 0 Å². The highest BCUT2D eigenvalue weighted by Crippen LogP contribution is 2.28. The highest BCUT2D eigenvalue weighted by atomic mass is 32.2. The second-order valence-electron chi connectivity index (χ2n) is 6.15. The van der Waals surface area contributed by atoms with Crippen LogP contribution in [0.3, 0.4) is 0 Å². The molecule has 0 aromatic heterocycles. The van der Waals surface area contributed by atoms with Crippen molar-refractivity contribution in [1.82, 2.24) is 4.90 Å².